The third-order valence-electron chi connectivity index (χ3n) is 5.86. The minimum absolute atomic E-state index is 0.0793. The lowest BCUT2D eigenvalue weighted by atomic mass is 10.0. The van der Waals surface area contributed by atoms with E-state index in [-0.39, 0.29) is 23.3 Å². The second-order valence-corrected chi connectivity index (χ2v) is 12.2. The summed E-state index contributed by atoms with van der Waals surface area (Å²) in [7, 11) is -1.53. The lowest BCUT2D eigenvalue weighted by Gasteiger charge is -2.38. The van der Waals surface area contributed by atoms with Gasteiger partial charge in [-0.3, -0.25) is 14.5 Å². The summed E-state index contributed by atoms with van der Waals surface area (Å²) in [6, 6.07) is 0. The topological polar surface area (TPSA) is 49.9 Å². The van der Waals surface area contributed by atoms with E-state index in [0.717, 1.165) is 57.8 Å². The van der Waals surface area contributed by atoms with Crippen LogP contribution in [0.3, 0.4) is 0 Å². The average molecular weight is 355 g/mol. The zero-order chi connectivity index (χ0) is 17.5. The summed E-state index contributed by atoms with van der Waals surface area (Å²) in [5, 5.41) is 0. The molecular weight excluding hydrogens is 323 g/mol. The zero-order valence-corrected chi connectivity index (χ0v) is 16.5. The molecule has 0 radical (unpaired) electrons. The lowest BCUT2D eigenvalue weighted by molar-refractivity contribution is -0.136. The maximum Gasteiger partial charge on any atom is 0.272 e. The standard InChI is InChI=1S/C18H32N2O3P/c1-14(2)16(21)20-8-6-19(7-9-20)11-18-5-10-24(12-18,13-23-18)17(22)15(3)4/h14-15H,5-13H2,1-4H3/q+1. The van der Waals surface area contributed by atoms with Crippen molar-refractivity contribution in [1.82, 2.24) is 9.80 Å². The maximum atomic E-state index is 12.7. The molecule has 3 aliphatic heterocycles. The summed E-state index contributed by atoms with van der Waals surface area (Å²) in [4.78, 5) is 29.2. The Morgan fingerprint density at radius 3 is 2.25 bits per heavy atom. The Hall–Kier alpha value is -0.510. The molecule has 0 N–H and O–H groups in total. The van der Waals surface area contributed by atoms with Crippen molar-refractivity contribution in [2.24, 2.45) is 11.8 Å². The monoisotopic (exact) mass is 355 g/mol. The first-order valence-corrected chi connectivity index (χ1v) is 11.7. The highest BCUT2D eigenvalue weighted by molar-refractivity contribution is 7.91. The van der Waals surface area contributed by atoms with Gasteiger partial charge in [-0.05, 0) is 0 Å². The van der Waals surface area contributed by atoms with Crippen molar-refractivity contribution in [2.75, 3.05) is 51.4 Å². The fourth-order valence-corrected chi connectivity index (χ4v) is 9.28. The van der Waals surface area contributed by atoms with Gasteiger partial charge in [-0.2, -0.15) is 0 Å². The molecule has 3 fully saturated rings. The Morgan fingerprint density at radius 2 is 1.75 bits per heavy atom. The zero-order valence-electron chi connectivity index (χ0n) is 15.6. The maximum absolute atomic E-state index is 12.7. The van der Waals surface area contributed by atoms with Crippen LogP contribution in [0.4, 0.5) is 0 Å². The summed E-state index contributed by atoms with van der Waals surface area (Å²) in [6.07, 6.45) is 3.86. The van der Waals surface area contributed by atoms with E-state index in [1.807, 2.05) is 32.6 Å². The fraction of sp³-hybridized carbons (Fsp3) is 0.889. The van der Waals surface area contributed by atoms with Crippen molar-refractivity contribution in [3.8, 4) is 0 Å². The minimum Gasteiger partial charge on any atom is -0.340 e. The van der Waals surface area contributed by atoms with Gasteiger partial charge in [0.2, 0.25) is 5.91 Å². The number of amides is 1. The minimum atomic E-state index is -1.53. The summed E-state index contributed by atoms with van der Waals surface area (Å²) < 4.78 is 6.24. The number of fused-ring (bicyclic) bond motifs is 2. The molecule has 1 amide bonds. The predicted octanol–water partition coefficient (Wildman–Crippen LogP) is 2.12. The molecule has 0 aromatic carbocycles. The van der Waals surface area contributed by atoms with E-state index in [1.165, 1.54) is 0 Å². The molecule has 5 nitrogen and oxygen atoms in total. The molecule has 0 aromatic rings. The van der Waals surface area contributed by atoms with E-state index >= 15 is 0 Å². The summed E-state index contributed by atoms with van der Waals surface area (Å²) in [5.41, 5.74) is 0.414. The first-order valence-electron chi connectivity index (χ1n) is 9.33. The van der Waals surface area contributed by atoms with Gasteiger partial charge in [0, 0.05) is 51.0 Å². The molecular formula is C18H32N2O3P+. The number of ether oxygens (including phenoxy) is 1. The molecule has 0 saturated carbocycles. The number of nitrogens with zero attached hydrogens (tertiary/aromatic N) is 2. The van der Waals surface area contributed by atoms with Crippen LogP contribution in [0.1, 0.15) is 34.1 Å². The molecule has 136 valence electrons. The van der Waals surface area contributed by atoms with Crippen molar-refractivity contribution >= 4 is 18.7 Å². The van der Waals surface area contributed by atoms with Gasteiger partial charge in [0.15, 0.2) is 6.35 Å². The van der Waals surface area contributed by atoms with Crippen molar-refractivity contribution in [3.05, 3.63) is 0 Å². The van der Waals surface area contributed by atoms with Crippen LogP contribution < -0.4 is 0 Å². The van der Waals surface area contributed by atoms with Crippen LogP contribution in [0.2, 0.25) is 0 Å². The van der Waals surface area contributed by atoms with Gasteiger partial charge in [0.25, 0.3) is 5.52 Å². The van der Waals surface area contributed by atoms with Gasteiger partial charge in [-0.15, -0.1) is 0 Å². The lowest BCUT2D eigenvalue weighted by Crippen LogP contribution is -2.54. The van der Waals surface area contributed by atoms with E-state index in [0.29, 0.717) is 5.52 Å². The van der Waals surface area contributed by atoms with Crippen LogP contribution in [0.25, 0.3) is 0 Å². The van der Waals surface area contributed by atoms with Gasteiger partial charge in [-0.25, -0.2) is 0 Å². The Labute approximate surface area is 146 Å². The fourth-order valence-electron chi connectivity index (χ4n) is 4.49. The SMILES string of the molecule is CC(C)C(=O)N1CCN(CC23CC[P+](C(=O)C(C)C)(CO2)C3)CC1. The van der Waals surface area contributed by atoms with Crippen LogP contribution in [-0.2, 0) is 14.3 Å². The first-order chi connectivity index (χ1) is 11.3. The van der Waals surface area contributed by atoms with Crippen LogP contribution in [0, 0.1) is 11.8 Å². The summed E-state index contributed by atoms with van der Waals surface area (Å²) in [6.45, 7) is 12.4. The third-order valence-corrected chi connectivity index (χ3v) is 10.2. The second kappa shape index (κ2) is 6.66. The van der Waals surface area contributed by atoms with E-state index in [2.05, 4.69) is 4.90 Å². The number of carbonyl (C=O) groups excluding carboxylic acids is 2. The molecule has 3 heterocycles. The van der Waals surface area contributed by atoms with Gasteiger partial charge in [-0.1, -0.05) is 27.7 Å². The molecule has 6 heteroatoms. The van der Waals surface area contributed by atoms with Gasteiger partial charge >= 0.3 is 0 Å². The smallest absolute Gasteiger partial charge is 0.272 e. The molecule has 0 aliphatic carbocycles. The number of carbonyl (C=O) groups is 2. The highest BCUT2D eigenvalue weighted by atomic mass is 31.2. The number of hydrogen-bond acceptors (Lipinski definition) is 4. The number of piperazine rings is 1. The molecule has 0 spiro atoms. The number of rotatable bonds is 5. The van der Waals surface area contributed by atoms with Gasteiger partial charge in [0.05, 0.1) is 12.3 Å². The predicted molar refractivity (Wildman–Crippen MR) is 97.7 cm³/mol. The van der Waals surface area contributed by atoms with Gasteiger partial charge in [0.1, 0.15) is 12.9 Å². The average Bonchev–Trinajstić information content (AvgIpc) is 3.10. The van der Waals surface area contributed by atoms with Crippen molar-refractivity contribution in [1.29, 1.82) is 0 Å². The summed E-state index contributed by atoms with van der Waals surface area (Å²) in [5.74, 6) is 0.482. The molecule has 2 atom stereocenters. The van der Waals surface area contributed by atoms with E-state index in [4.69, 9.17) is 4.74 Å². The quantitative estimate of drug-likeness (QED) is 0.709. The molecule has 24 heavy (non-hydrogen) atoms. The van der Waals surface area contributed by atoms with E-state index in [1.54, 1.807) is 0 Å². The van der Waals surface area contributed by atoms with E-state index in [9.17, 15) is 9.59 Å². The van der Waals surface area contributed by atoms with Crippen LogP contribution in [0.15, 0.2) is 0 Å². The molecule has 3 aliphatic rings. The number of hydrogen-bond donors (Lipinski definition) is 0. The van der Waals surface area contributed by atoms with Gasteiger partial charge < -0.3 is 9.64 Å². The first kappa shape index (κ1) is 18.3. The largest absolute Gasteiger partial charge is 0.340 e. The van der Waals surface area contributed by atoms with Crippen LogP contribution in [-0.4, -0.2) is 78.2 Å². The Kier molecular flexibility index (Phi) is 5.07. The van der Waals surface area contributed by atoms with Crippen molar-refractivity contribution in [3.63, 3.8) is 0 Å². The van der Waals surface area contributed by atoms with E-state index < -0.39 is 7.26 Å². The highest BCUT2D eigenvalue weighted by Gasteiger charge is 2.66. The van der Waals surface area contributed by atoms with Crippen molar-refractivity contribution < 1.29 is 14.3 Å². The normalized spacial score (nSPS) is 33.7. The molecule has 2 bridgehead atoms. The molecule has 2 unspecified atom stereocenters. The Balaban J connectivity index is 1.55. The summed E-state index contributed by atoms with van der Waals surface area (Å²) >= 11 is 0. The van der Waals surface area contributed by atoms with Crippen molar-refractivity contribution in [2.45, 2.75) is 39.7 Å². The third kappa shape index (κ3) is 3.27. The molecule has 3 saturated heterocycles. The Bertz CT molecular complexity index is 504. The highest BCUT2D eigenvalue weighted by Crippen LogP contribution is 2.73. The van der Waals surface area contributed by atoms with Crippen LogP contribution >= 0.6 is 7.26 Å². The second-order valence-electron chi connectivity index (χ2n) is 8.48. The molecule has 3 rings (SSSR count). The van der Waals surface area contributed by atoms with Crippen LogP contribution in [0.5, 0.6) is 0 Å². The Morgan fingerprint density at radius 1 is 1.08 bits per heavy atom. The molecule has 0 aromatic heterocycles.